The van der Waals surface area contributed by atoms with Crippen LogP contribution in [0.25, 0.3) is 11.1 Å². The van der Waals surface area contributed by atoms with Gasteiger partial charge in [0.15, 0.2) is 0 Å². The maximum atomic E-state index is 15.4. The number of methoxy groups -OCH3 is 2. The molecule has 1 saturated carbocycles. The van der Waals surface area contributed by atoms with E-state index in [1.807, 2.05) is 25.1 Å². The molecule has 1 aliphatic carbocycles. The van der Waals surface area contributed by atoms with Crippen LogP contribution in [-0.2, 0) is 16.0 Å². The fraction of sp³-hybridized carbons (Fsp3) is 0.400. The Morgan fingerprint density at radius 3 is 2.58 bits per heavy atom. The minimum absolute atomic E-state index is 0.0985. The summed E-state index contributed by atoms with van der Waals surface area (Å²) in [6.07, 6.45) is 6.03. The third-order valence-corrected chi connectivity index (χ3v) is 7.52. The second kappa shape index (κ2) is 10.3. The van der Waals surface area contributed by atoms with Gasteiger partial charge in [0.2, 0.25) is 5.88 Å². The fourth-order valence-electron chi connectivity index (χ4n) is 5.43. The minimum atomic E-state index is -0.375. The van der Waals surface area contributed by atoms with Crippen molar-refractivity contribution < 1.29 is 23.4 Å². The van der Waals surface area contributed by atoms with Crippen molar-refractivity contribution in [3.63, 3.8) is 0 Å². The molecule has 0 radical (unpaired) electrons. The quantitative estimate of drug-likeness (QED) is 0.348. The van der Waals surface area contributed by atoms with E-state index in [4.69, 9.17) is 14.2 Å². The van der Waals surface area contributed by atoms with E-state index in [2.05, 4.69) is 23.2 Å². The Morgan fingerprint density at radius 1 is 1.06 bits per heavy atom. The smallest absolute Gasteiger partial charge is 0.309 e. The summed E-state index contributed by atoms with van der Waals surface area (Å²) in [5.41, 5.74) is 4.38. The number of hydrogen-bond acceptors (Lipinski definition) is 5. The highest BCUT2D eigenvalue weighted by molar-refractivity contribution is 5.73. The molecule has 0 saturated heterocycles. The Bertz CT molecular complexity index is 1260. The predicted octanol–water partition coefficient (Wildman–Crippen LogP) is 6.66. The molecule has 3 aromatic rings. The van der Waals surface area contributed by atoms with Gasteiger partial charge in [-0.2, -0.15) is 0 Å². The highest BCUT2D eigenvalue weighted by atomic mass is 19.1. The summed E-state index contributed by atoms with van der Waals surface area (Å²) in [7, 11) is 3.00. The van der Waals surface area contributed by atoms with Crippen molar-refractivity contribution in [2.45, 2.75) is 51.0 Å². The fourth-order valence-corrected chi connectivity index (χ4v) is 5.43. The number of aryl methyl sites for hydroxylation is 1. The second-order valence-electron chi connectivity index (χ2n) is 9.86. The molecule has 188 valence electrons. The van der Waals surface area contributed by atoms with Crippen LogP contribution in [0, 0.1) is 17.7 Å². The Kier molecular flexibility index (Phi) is 6.95. The van der Waals surface area contributed by atoms with Crippen molar-refractivity contribution in [1.82, 2.24) is 4.98 Å². The van der Waals surface area contributed by atoms with Crippen molar-refractivity contribution in [2.75, 3.05) is 14.2 Å². The van der Waals surface area contributed by atoms with Crippen LogP contribution < -0.4 is 9.47 Å². The number of ether oxygens (including phenoxy) is 3. The van der Waals surface area contributed by atoms with Crippen LogP contribution in [0.2, 0.25) is 0 Å². The molecule has 0 N–H and O–H groups in total. The molecular weight excluding hydrogens is 457 g/mol. The molecule has 36 heavy (non-hydrogen) atoms. The van der Waals surface area contributed by atoms with Gasteiger partial charge in [-0.15, -0.1) is 0 Å². The van der Waals surface area contributed by atoms with Crippen LogP contribution in [0.3, 0.4) is 0 Å². The highest BCUT2D eigenvalue weighted by Crippen LogP contribution is 2.48. The molecule has 2 heterocycles. The topological polar surface area (TPSA) is 57.7 Å². The molecule has 1 aliphatic heterocycles. The van der Waals surface area contributed by atoms with E-state index in [1.54, 1.807) is 25.4 Å². The van der Waals surface area contributed by atoms with E-state index in [9.17, 15) is 4.79 Å². The molecule has 3 atom stereocenters. The van der Waals surface area contributed by atoms with Crippen LogP contribution in [0.5, 0.6) is 11.6 Å². The average molecular weight is 490 g/mol. The number of rotatable bonds is 7. The number of hydrogen-bond donors (Lipinski definition) is 0. The molecule has 5 rings (SSSR count). The Labute approximate surface area is 211 Å². The lowest BCUT2D eigenvalue weighted by atomic mass is 9.82. The molecule has 2 aliphatic rings. The summed E-state index contributed by atoms with van der Waals surface area (Å²) in [5, 5.41) is 0. The number of carbonyl (C=O) groups excluding carboxylic acids is 1. The van der Waals surface area contributed by atoms with Crippen LogP contribution in [-0.4, -0.2) is 25.2 Å². The van der Waals surface area contributed by atoms with Crippen molar-refractivity contribution in [3.05, 3.63) is 77.2 Å². The van der Waals surface area contributed by atoms with Crippen LogP contribution in [0.1, 0.15) is 61.3 Å². The molecule has 6 heteroatoms. The van der Waals surface area contributed by atoms with E-state index < -0.39 is 0 Å². The lowest BCUT2D eigenvalue weighted by molar-refractivity contribution is -0.145. The van der Waals surface area contributed by atoms with Crippen molar-refractivity contribution in [3.8, 4) is 22.8 Å². The third kappa shape index (κ3) is 4.95. The van der Waals surface area contributed by atoms with E-state index in [0.29, 0.717) is 17.4 Å². The van der Waals surface area contributed by atoms with E-state index in [0.717, 1.165) is 60.1 Å². The Morgan fingerprint density at radius 2 is 1.86 bits per heavy atom. The number of carbonyl (C=O) groups is 1. The SMILES string of the molecule is COC(=O)C(C)C(c1ccc2c(c1)OC(c1ccc(-c3ccnc(OC)c3)cc1F)CCC2)C1CC1. The molecular formula is C30H32FNO4. The Balaban J connectivity index is 1.42. The Hall–Kier alpha value is -3.41. The number of nitrogens with zero attached hydrogens (tertiary/aromatic N) is 1. The summed E-state index contributed by atoms with van der Waals surface area (Å²) >= 11 is 0. The molecule has 3 unspecified atom stereocenters. The standard InChI is InChI=1S/C30H32FNO4/c1-18(30(33)35-3)29(20-8-9-20)23-10-7-19-5-4-6-26(36-27(19)16-23)24-12-11-21(15-25(24)31)22-13-14-32-28(17-22)34-2/h7,10-18,20,26,29H,4-6,8-9H2,1-3H3. The van der Waals surface area contributed by atoms with Gasteiger partial charge in [0.25, 0.3) is 0 Å². The number of esters is 1. The van der Waals surface area contributed by atoms with Gasteiger partial charge in [-0.1, -0.05) is 31.2 Å². The maximum absolute atomic E-state index is 15.4. The largest absolute Gasteiger partial charge is 0.485 e. The summed E-state index contributed by atoms with van der Waals surface area (Å²) in [5.74, 6) is 1.16. The molecule has 1 fully saturated rings. The summed E-state index contributed by atoms with van der Waals surface area (Å²) < 4.78 is 32.1. The average Bonchev–Trinajstić information content (AvgIpc) is 3.75. The summed E-state index contributed by atoms with van der Waals surface area (Å²) in [6.45, 7) is 1.94. The summed E-state index contributed by atoms with van der Waals surface area (Å²) in [4.78, 5) is 16.5. The van der Waals surface area contributed by atoms with Gasteiger partial charge in [0.1, 0.15) is 17.7 Å². The van der Waals surface area contributed by atoms with Crippen LogP contribution >= 0.6 is 0 Å². The number of pyridine rings is 1. The maximum Gasteiger partial charge on any atom is 0.309 e. The second-order valence-corrected chi connectivity index (χ2v) is 9.86. The zero-order valence-electron chi connectivity index (χ0n) is 21.0. The van der Waals surface area contributed by atoms with E-state index in [1.165, 1.54) is 7.11 Å². The van der Waals surface area contributed by atoms with Gasteiger partial charge in [0.05, 0.1) is 20.1 Å². The molecule has 5 nitrogen and oxygen atoms in total. The normalized spacial score (nSPS) is 18.8. The van der Waals surface area contributed by atoms with Gasteiger partial charge in [0, 0.05) is 17.8 Å². The first kappa shape index (κ1) is 24.3. The van der Waals surface area contributed by atoms with Gasteiger partial charge in [-0.3, -0.25) is 4.79 Å². The first-order valence-corrected chi connectivity index (χ1v) is 12.7. The summed E-state index contributed by atoms with van der Waals surface area (Å²) in [6, 6.07) is 15.2. The molecule has 2 aromatic carbocycles. The van der Waals surface area contributed by atoms with Crippen molar-refractivity contribution in [2.24, 2.45) is 11.8 Å². The lowest BCUT2D eigenvalue weighted by Gasteiger charge is -2.24. The lowest BCUT2D eigenvalue weighted by Crippen LogP contribution is -2.22. The van der Waals surface area contributed by atoms with Gasteiger partial charge >= 0.3 is 5.97 Å². The van der Waals surface area contributed by atoms with Crippen LogP contribution in [0.4, 0.5) is 4.39 Å². The monoisotopic (exact) mass is 489 g/mol. The van der Waals surface area contributed by atoms with E-state index in [-0.39, 0.29) is 29.7 Å². The minimum Gasteiger partial charge on any atom is -0.485 e. The van der Waals surface area contributed by atoms with Crippen molar-refractivity contribution in [1.29, 1.82) is 0 Å². The zero-order valence-corrected chi connectivity index (χ0v) is 21.0. The highest BCUT2D eigenvalue weighted by Gasteiger charge is 2.39. The first-order valence-electron chi connectivity index (χ1n) is 12.7. The third-order valence-electron chi connectivity index (χ3n) is 7.52. The number of halogens is 1. The number of benzene rings is 2. The molecule has 0 spiro atoms. The molecule has 0 amide bonds. The molecule has 1 aromatic heterocycles. The van der Waals surface area contributed by atoms with Gasteiger partial charge in [-0.25, -0.2) is 9.37 Å². The number of aromatic nitrogens is 1. The zero-order chi connectivity index (χ0) is 25.2. The van der Waals surface area contributed by atoms with E-state index >= 15 is 4.39 Å². The van der Waals surface area contributed by atoms with Crippen molar-refractivity contribution >= 4 is 5.97 Å². The van der Waals surface area contributed by atoms with Crippen LogP contribution in [0.15, 0.2) is 54.7 Å². The van der Waals surface area contributed by atoms with Gasteiger partial charge < -0.3 is 14.2 Å². The first-order chi connectivity index (χ1) is 17.5. The van der Waals surface area contributed by atoms with Gasteiger partial charge in [-0.05, 0) is 84.4 Å². The number of fused-ring (bicyclic) bond motifs is 1. The predicted molar refractivity (Wildman–Crippen MR) is 136 cm³/mol. The molecule has 0 bridgehead atoms.